The van der Waals surface area contributed by atoms with Crippen molar-refractivity contribution in [3.05, 3.63) is 54.1 Å². The van der Waals surface area contributed by atoms with Crippen LogP contribution in [0.2, 0.25) is 0 Å². The average molecular weight is 300 g/mol. The summed E-state index contributed by atoms with van der Waals surface area (Å²) in [5, 5.41) is 15.8. The summed E-state index contributed by atoms with van der Waals surface area (Å²) in [6.07, 6.45) is 0. The number of hydrogen-bond donors (Lipinski definition) is 2. The number of nitrogens with zero attached hydrogens (tertiary/aromatic N) is 1. The van der Waals surface area contributed by atoms with Gasteiger partial charge in [0.2, 0.25) is 0 Å². The molecular formula is C16H16N2O4. The van der Waals surface area contributed by atoms with Crippen LogP contribution in [-0.2, 0) is 9.63 Å². The van der Waals surface area contributed by atoms with Crippen molar-refractivity contribution in [3.8, 4) is 17.2 Å². The number of hydrogen-bond acceptors (Lipinski definition) is 5. The van der Waals surface area contributed by atoms with Crippen LogP contribution < -0.4 is 10.1 Å². The maximum atomic E-state index is 11.9. The van der Waals surface area contributed by atoms with E-state index in [1.54, 1.807) is 42.5 Å². The van der Waals surface area contributed by atoms with Crippen LogP contribution >= 0.6 is 0 Å². The molecule has 2 rings (SSSR count). The number of benzene rings is 2. The quantitative estimate of drug-likeness (QED) is 0.656. The van der Waals surface area contributed by atoms with Gasteiger partial charge in [0.15, 0.2) is 5.71 Å². The normalized spacial score (nSPS) is 10.9. The van der Waals surface area contributed by atoms with Crippen molar-refractivity contribution in [1.82, 2.24) is 5.32 Å². The van der Waals surface area contributed by atoms with Gasteiger partial charge in [-0.1, -0.05) is 23.4 Å². The van der Waals surface area contributed by atoms with Crippen LogP contribution in [0.5, 0.6) is 17.2 Å². The first kappa shape index (κ1) is 15.4. The van der Waals surface area contributed by atoms with Crippen molar-refractivity contribution in [2.45, 2.75) is 0 Å². The summed E-state index contributed by atoms with van der Waals surface area (Å²) in [6.45, 7) is 0. The zero-order chi connectivity index (χ0) is 15.9. The zero-order valence-corrected chi connectivity index (χ0v) is 12.2. The van der Waals surface area contributed by atoms with Crippen molar-refractivity contribution in [3.63, 3.8) is 0 Å². The Morgan fingerprint density at radius 2 is 1.95 bits per heavy atom. The van der Waals surface area contributed by atoms with Gasteiger partial charge in [-0.15, -0.1) is 0 Å². The number of phenolic OH excluding ortho intramolecular Hbond substituents is 1. The second-order valence-electron chi connectivity index (χ2n) is 4.30. The van der Waals surface area contributed by atoms with Gasteiger partial charge in [-0.2, -0.15) is 0 Å². The Kier molecular flexibility index (Phi) is 4.98. The van der Waals surface area contributed by atoms with Crippen LogP contribution in [-0.4, -0.2) is 30.9 Å². The summed E-state index contributed by atoms with van der Waals surface area (Å²) in [6, 6.07) is 13.3. The maximum Gasteiger partial charge on any atom is 0.273 e. The van der Waals surface area contributed by atoms with Crippen molar-refractivity contribution in [2.24, 2.45) is 5.16 Å². The molecule has 0 spiro atoms. The molecule has 2 N–H and O–H groups in total. The van der Waals surface area contributed by atoms with Gasteiger partial charge < -0.3 is 20.0 Å². The molecule has 6 nitrogen and oxygen atoms in total. The number of para-hydroxylation sites is 1. The molecule has 0 atom stereocenters. The number of rotatable bonds is 5. The Balaban J connectivity index is 2.41. The lowest BCUT2D eigenvalue weighted by molar-refractivity contribution is -0.114. The molecule has 0 aliphatic carbocycles. The Labute approximate surface area is 128 Å². The van der Waals surface area contributed by atoms with E-state index in [1.807, 2.05) is 0 Å². The lowest BCUT2D eigenvalue weighted by Gasteiger charge is -2.12. The van der Waals surface area contributed by atoms with Gasteiger partial charge in [-0.25, -0.2) is 0 Å². The van der Waals surface area contributed by atoms with Crippen molar-refractivity contribution >= 4 is 11.6 Å². The van der Waals surface area contributed by atoms with E-state index < -0.39 is 5.91 Å². The zero-order valence-electron chi connectivity index (χ0n) is 12.2. The molecule has 2 aromatic rings. The van der Waals surface area contributed by atoms with Crippen molar-refractivity contribution in [2.75, 3.05) is 14.2 Å². The van der Waals surface area contributed by atoms with Crippen LogP contribution in [0.4, 0.5) is 0 Å². The first-order chi connectivity index (χ1) is 10.7. The third-order valence-electron chi connectivity index (χ3n) is 2.81. The van der Waals surface area contributed by atoms with Crippen molar-refractivity contribution < 1.29 is 19.5 Å². The molecule has 6 heteroatoms. The lowest BCUT2D eigenvalue weighted by atomic mass is 10.1. The van der Waals surface area contributed by atoms with E-state index >= 15 is 0 Å². The lowest BCUT2D eigenvalue weighted by Crippen LogP contribution is -2.28. The Bertz CT molecular complexity index is 698. The van der Waals surface area contributed by atoms with Crippen LogP contribution in [0.15, 0.2) is 53.7 Å². The highest BCUT2D eigenvalue weighted by Gasteiger charge is 2.18. The second kappa shape index (κ2) is 7.12. The molecule has 2 aromatic carbocycles. The van der Waals surface area contributed by atoms with Gasteiger partial charge in [0.1, 0.15) is 24.4 Å². The van der Waals surface area contributed by atoms with E-state index in [1.165, 1.54) is 20.2 Å². The second-order valence-corrected chi connectivity index (χ2v) is 4.30. The summed E-state index contributed by atoms with van der Waals surface area (Å²) in [5.74, 6) is 0.564. The van der Waals surface area contributed by atoms with Crippen LogP contribution in [0.1, 0.15) is 5.56 Å². The number of ether oxygens (including phenoxy) is 1. The maximum absolute atomic E-state index is 11.9. The summed E-state index contributed by atoms with van der Waals surface area (Å²) in [4.78, 5) is 16.7. The molecule has 0 saturated heterocycles. The standard InChI is InChI=1S/C16H16N2O4/c1-17-16(20)15(18-21-2)13-8-3-4-9-14(13)22-12-7-5-6-11(19)10-12/h3-10,19H,1-2H3,(H,17,20)/b18-15-. The third-order valence-corrected chi connectivity index (χ3v) is 2.81. The molecule has 0 saturated carbocycles. The van der Waals surface area contributed by atoms with Gasteiger partial charge in [-0.05, 0) is 24.3 Å². The third kappa shape index (κ3) is 3.54. The first-order valence-corrected chi connectivity index (χ1v) is 6.55. The van der Waals surface area contributed by atoms with E-state index in [0.29, 0.717) is 17.1 Å². The molecule has 22 heavy (non-hydrogen) atoms. The molecule has 0 radical (unpaired) electrons. The Morgan fingerprint density at radius 3 is 2.64 bits per heavy atom. The number of carbonyl (C=O) groups excluding carboxylic acids is 1. The predicted molar refractivity (Wildman–Crippen MR) is 82.2 cm³/mol. The van der Waals surface area contributed by atoms with E-state index in [9.17, 15) is 9.90 Å². The number of likely N-dealkylation sites (N-methyl/N-ethyl adjacent to an activating group) is 1. The summed E-state index contributed by atoms with van der Waals surface area (Å²) < 4.78 is 5.74. The van der Waals surface area contributed by atoms with Gasteiger partial charge in [0.25, 0.3) is 5.91 Å². The van der Waals surface area contributed by atoms with Crippen molar-refractivity contribution in [1.29, 1.82) is 0 Å². The molecule has 0 aliphatic rings. The SMILES string of the molecule is CNC(=O)/C(=N\OC)c1ccccc1Oc1cccc(O)c1. The Hall–Kier alpha value is -3.02. The summed E-state index contributed by atoms with van der Waals surface area (Å²) in [7, 11) is 2.87. The number of phenols is 1. The molecular weight excluding hydrogens is 284 g/mol. The fourth-order valence-corrected chi connectivity index (χ4v) is 1.85. The van der Waals surface area contributed by atoms with Crippen LogP contribution in [0, 0.1) is 0 Å². The monoisotopic (exact) mass is 300 g/mol. The minimum Gasteiger partial charge on any atom is -0.508 e. The van der Waals surface area contributed by atoms with E-state index in [0.717, 1.165) is 0 Å². The van der Waals surface area contributed by atoms with Gasteiger partial charge in [-0.3, -0.25) is 4.79 Å². The smallest absolute Gasteiger partial charge is 0.273 e. The van der Waals surface area contributed by atoms with E-state index in [4.69, 9.17) is 9.57 Å². The fraction of sp³-hybridized carbons (Fsp3) is 0.125. The van der Waals surface area contributed by atoms with Gasteiger partial charge in [0.05, 0.1) is 5.56 Å². The molecule has 0 aromatic heterocycles. The highest BCUT2D eigenvalue weighted by Crippen LogP contribution is 2.28. The minimum absolute atomic E-state index is 0.0899. The van der Waals surface area contributed by atoms with Gasteiger partial charge >= 0.3 is 0 Å². The summed E-state index contributed by atoms with van der Waals surface area (Å²) >= 11 is 0. The number of amides is 1. The predicted octanol–water partition coefficient (Wildman–Crippen LogP) is 2.28. The van der Waals surface area contributed by atoms with Gasteiger partial charge in [0, 0.05) is 13.1 Å². The van der Waals surface area contributed by atoms with Crippen LogP contribution in [0.3, 0.4) is 0 Å². The molecule has 0 heterocycles. The highest BCUT2D eigenvalue weighted by atomic mass is 16.6. The van der Waals surface area contributed by atoms with E-state index in [-0.39, 0.29) is 11.5 Å². The molecule has 0 unspecified atom stereocenters. The first-order valence-electron chi connectivity index (χ1n) is 6.55. The fourth-order valence-electron chi connectivity index (χ4n) is 1.85. The molecule has 0 fully saturated rings. The topological polar surface area (TPSA) is 80.2 Å². The van der Waals surface area contributed by atoms with Crippen LogP contribution in [0.25, 0.3) is 0 Å². The highest BCUT2D eigenvalue weighted by molar-refractivity contribution is 6.45. The molecule has 1 amide bonds. The number of carbonyl (C=O) groups is 1. The number of oxime groups is 1. The molecule has 0 bridgehead atoms. The minimum atomic E-state index is -0.395. The number of nitrogens with one attached hydrogen (secondary N) is 1. The summed E-state index contributed by atoms with van der Waals surface area (Å²) in [5.41, 5.74) is 0.577. The molecule has 114 valence electrons. The van der Waals surface area contributed by atoms with E-state index in [2.05, 4.69) is 10.5 Å². The number of aromatic hydroxyl groups is 1. The molecule has 0 aliphatic heterocycles. The largest absolute Gasteiger partial charge is 0.508 e. The Morgan fingerprint density at radius 1 is 1.18 bits per heavy atom. The average Bonchev–Trinajstić information content (AvgIpc) is 2.53.